The first-order chi connectivity index (χ1) is 10.5. The minimum atomic E-state index is -3.17. The maximum absolute atomic E-state index is 12.1. The Morgan fingerprint density at radius 2 is 2.09 bits per heavy atom. The minimum absolute atomic E-state index is 0.0752. The largest absolute Gasteiger partial charge is 0.347 e. The number of benzene rings is 1. The lowest BCUT2D eigenvalue weighted by molar-refractivity contribution is -0.121. The van der Waals surface area contributed by atoms with Crippen molar-refractivity contribution in [3.63, 3.8) is 0 Å². The summed E-state index contributed by atoms with van der Waals surface area (Å²) in [6.45, 7) is 0.0919. The highest BCUT2D eigenvalue weighted by atomic mass is 32.2. The molecule has 1 aromatic carbocycles. The van der Waals surface area contributed by atoms with Crippen LogP contribution in [0.1, 0.15) is 0 Å². The third-order valence-corrected chi connectivity index (χ3v) is 4.73. The van der Waals surface area contributed by atoms with Crippen LogP contribution in [0.2, 0.25) is 0 Å². The molecule has 1 atom stereocenters. The van der Waals surface area contributed by atoms with E-state index in [0.29, 0.717) is 5.82 Å². The van der Waals surface area contributed by atoms with Crippen LogP contribution in [-0.4, -0.2) is 35.7 Å². The predicted molar refractivity (Wildman–Crippen MR) is 82.5 cm³/mol. The maximum atomic E-state index is 12.1. The lowest BCUT2D eigenvalue weighted by Crippen LogP contribution is -2.37. The molecule has 3 rings (SSSR count). The second-order valence-corrected chi connectivity index (χ2v) is 7.01. The Bertz CT molecular complexity index is 810. The van der Waals surface area contributed by atoms with Gasteiger partial charge in [0, 0.05) is 23.4 Å². The smallest absolute Gasteiger partial charge is 0.240 e. The highest BCUT2D eigenvalue weighted by Crippen LogP contribution is 2.16. The molecule has 0 aliphatic carbocycles. The number of nitrogens with one attached hydrogen (secondary N) is 1. The van der Waals surface area contributed by atoms with E-state index in [0.717, 1.165) is 11.0 Å². The van der Waals surface area contributed by atoms with Gasteiger partial charge in [-0.05, 0) is 6.08 Å². The van der Waals surface area contributed by atoms with Crippen molar-refractivity contribution in [2.24, 2.45) is 0 Å². The topological polar surface area (TPSA) is 81.1 Å². The van der Waals surface area contributed by atoms with Gasteiger partial charge in [0.25, 0.3) is 0 Å². The molecule has 0 bridgehead atoms. The normalized spacial score (nSPS) is 19.2. The number of amides is 1. The van der Waals surface area contributed by atoms with E-state index in [1.165, 1.54) is 6.08 Å². The minimum Gasteiger partial charge on any atom is -0.347 e. The number of hydrogen-bond acceptors (Lipinski definition) is 4. The van der Waals surface area contributed by atoms with Gasteiger partial charge in [0.1, 0.15) is 12.4 Å². The predicted octanol–water partition coefficient (Wildman–Crippen LogP) is 0.977. The fourth-order valence-corrected chi connectivity index (χ4v) is 3.59. The number of nitrogens with zero attached hydrogens (tertiary/aromatic N) is 2. The van der Waals surface area contributed by atoms with E-state index in [9.17, 15) is 13.2 Å². The van der Waals surface area contributed by atoms with Crippen LogP contribution in [0.5, 0.6) is 0 Å². The van der Waals surface area contributed by atoms with Crippen LogP contribution in [-0.2, 0) is 21.2 Å². The molecule has 2 aromatic rings. The van der Waals surface area contributed by atoms with Crippen LogP contribution in [0.15, 0.2) is 54.2 Å². The van der Waals surface area contributed by atoms with E-state index in [2.05, 4.69) is 10.3 Å². The molecule has 22 heavy (non-hydrogen) atoms. The molecular formula is C15H15N3O3S. The molecule has 6 nitrogen and oxygen atoms in total. The molecule has 1 aliphatic heterocycles. The van der Waals surface area contributed by atoms with Gasteiger partial charge >= 0.3 is 0 Å². The Balaban J connectivity index is 1.68. The van der Waals surface area contributed by atoms with E-state index >= 15 is 0 Å². The average molecular weight is 317 g/mol. The Kier molecular flexibility index (Phi) is 3.81. The first-order valence-corrected chi connectivity index (χ1v) is 8.52. The number of sulfone groups is 1. The van der Waals surface area contributed by atoms with Crippen molar-refractivity contribution in [3.8, 4) is 11.4 Å². The van der Waals surface area contributed by atoms with Crippen molar-refractivity contribution in [1.29, 1.82) is 0 Å². The molecule has 1 aliphatic rings. The number of aromatic nitrogens is 2. The van der Waals surface area contributed by atoms with Crippen LogP contribution in [0, 0.1) is 0 Å². The first kappa shape index (κ1) is 14.5. The van der Waals surface area contributed by atoms with E-state index < -0.39 is 15.9 Å². The van der Waals surface area contributed by atoms with Gasteiger partial charge in [0.2, 0.25) is 5.91 Å². The maximum Gasteiger partial charge on any atom is 0.240 e. The summed E-state index contributed by atoms with van der Waals surface area (Å²) < 4.78 is 24.4. The Labute approximate surface area is 128 Å². The van der Waals surface area contributed by atoms with Gasteiger partial charge in [-0.3, -0.25) is 4.79 Å². The molecule has 0 saturated heterocycles. The number of carbonyl (C=O) groups is 1. The molecule has 7 heteroatoms. The Morgan fingerprint density at radius 3 is 2.77 bits per heavy atom. The van der Waals surface area contributed by atoms with Crippen LogP contribution in [0.4, 0.5) is 0 Å². The van der Waals surface area contributed by atoms with E-state index in [1.807, 2.05) is 30.3 Å². The molecule has 2 heterocycles. The molecular weight excluding hydrogens is 302 g/mol. The van der Waals surface area contributed by atoms with Gasteiger partial charge in [-0.2, -0.15) is 0 Å². The summed E-state index contributed by atoms with van der Waals surface area (Å²) in [7, 11) is -3.17. The van der Waals surface area contributed by atoms with Gasteiger partial charge in [-0.1, -0.05) is 30.3 Å². The standard InChI is InChI=1S/C15H15N3O3S/c19-14(17-13-6-9-22(20,21)11-13)10-18-8-7-16-15(18)12-4-2-1-3-5-12/h1-9,13H,10-11H2,(H,17,19). The third-order valence-electron chi connectivity index (χ3n) is 3.34. The molecule has 0 spiro atoms. The number of rotatable bonds is 4. The lowest BCUT2D eigenvalue weighted by atomic mass is 10.2. The van der Waals surface area contributed by atoms with E-state index in [4.69, 9.17) is 0 Å². The molecule has 1 aromatic heterocycles. The van der Waals surface area contributed by atoms with E-state index in [1.54, 1.807) is 17.0 Å². The van der Waals surface area contributed by atoms with Crippen molar-refractivity contribution in [3.05, 3.63) is 54.2 Å². The Morgan fingerprint density at radius 1 is 1.32 bits per heavy atom. The molecule has 1 amide bonds. The number of imidazole rings is 1. The highest BCUT2D eigenvalue weighted by Gasteiger charge is 2.23. The first-order valence-electron chi connectivity index (χ1n) is 6.80. The molecule has 0 radical (unpaired) electrons. The fourth-order valence-electron chi connectivity index (χ4n) is 2.36. The number of hydrogen-bond donors (Lipinski definition) is 1. The average Bonchev–Trinajstić information content (AvgIpc) is 3.06. The zero-order valence-corrected chi connectivity index (χ0v) is 12.5. The molecule has 114 valence electrons. The monoisotopic (exact) mass is 317 g/mol. The van der Waals surface area contributed by atoms with Crippen LogP contribution in [0.3, 0.4) is 0 Å². The summed E-state index contributed by atoms with van der Waals surface area (Å²) in [5.74, 6) is 0.376. The molecule has 1 N–H and O–H groups in total. The van der Waals surface area contributed by atoms with Crippen LogP contribution < -0.4 is 5.32 Å². The number of carbonyl (C=O) groups excluding carboxylic acids is 1. The van der Waals surface area contributed by atoms with Gasteiger partial charge < -0.3 is 9.88 Å². The summed E-state index contributed by atoms with van der Waals surface area (Å²) in [5.41, 5.74) is 0.920. The summed E-state index contributed by atoms with van der Waals surface area (Å²) in [6.07, 6.45) is 4.86. The van der Waals surface area contributed by atoms with Crippen molar-refractivity contribution in [1.82, 2.24) is 14.9 Å². The molecule has 0 saturated carbocycles. The summed E-state index contributed by atoms with van der Waals surface area (Å²) in [6, 6.07) is 9.11. The second kappa shape index (κ2) is 5.76. The van der Waals surface area contributed by atoms with Crippen LogP contribution in [0.25, 0.3) is 11.4 Å². The molecule has 1 unspecified atom stereocenters. The summed E-state index contributed by atoms with van der Waals surface area (Å²) >= 11 is 0. The van der Waals surface area contributed by atoms with Crippen molar-refractivity contribution >= 4 is 15.7 Å². The quantitative estimate of drug-likeness (QED) is 0.911. The summed E-state index contributed by atoms with van der Waals surface area (Å²) in [4.78, 5) is 16.3. The van der Waals surface area contributed by atoms with Crippen molar-refractivity contribution < 1.29 is 13.2 Å². The zero-order chi connectivity index (χ0) is 15.6. The molecule has 0 fully saturated rings. The Hall–Kier alpha value is -2.41. The lowest BCUT2D eigenvalue weighted by Gasteiger charge is -2.12. The second-order valence-electron chi connectivity index (χ2n) is 5.08. The summed E-state index contributed by atoms with van der Waals surface area (Å²) in [5, 5.41) is 3.84. The van der Waals surface area contributed by atoms with Gasteiger partial charge in [0.05, 0.1) is 11.8 Å². The van der Waals surface area contributed by atoms with E-state index in [-0.39, 0.29) is 18.2 Å². The van der Waals surface area contributed by atoms with Gasteiger partial charge in [-0.25, -0.2) is 13.4 Å². The SMILES string of the molecule is O=C(Cn1ccnc1-c1ccccc1)NC1C=CS(=O)(=O)C1. The third kappa shape index (κ3) is 3.25. The van der Waals surface area contributed by atoms with Crippen molar-refractivity contribution in [2.75, 3.05) is 5.75 Å². The fraction of sp³-hybridized carbons (Fsp3) is 0.200. The van der Waals surface area contributed by atoms with Crippen LogP contribution >= 0.6 is 0 Å². The highest BCUT2D eigenvalue weighted by molar-refractivity contribution is 7.94. The van der Waals surface area contributed by atoms with Crippen molar-refractivity contribution in [2.45, 2.75) is 12.6 Å². The van der Waals surface area contributed by atoms with Gasteiger partial charge in [-0.15, -0.1) is 0 Å². The van der Waals surface area contributed by atoms with Gasteiger partial charge in [0.15, 0.2) is 9.84 Å². The zero-order valence-electron chi connectivity index (χ0n) is 11.7.